The molecule has 0 aliphatic heterocycles. The van der Waals surface area contributed by atoms with E-state index in [4.69, 9.17) is 0 Å². The van der Waals surface area contributed by atoms with Crippen LogP contribution < -0.4 is 5.56 Å². The van der Waals surface area contributed by atoms with E-state index in [2.05, 4.69) is 19.8 Å². The van der Waals surface area contributed by atoms with Gasteiger partial charge < -0.3 is 9.72 Å². The highest BCUT2D eigenvalue weighted by atomic mass is 16.5. The van der Waals surface area contributed by atoms with Crippen LogP contribution in [-0.2, 0) is 16.0 Å². The van der Waals surface area contributed by atoms with Gasteiger partial charge in [0, 0.05) is 11.3 Å². The molecule has 7 heteroatoms. The van der Waals surface area contributed by atoms with Crippen LogP contribution in [0.4, 0.5) is 0 Å². The van der Waals surface area contributed by atoms with Crippen molar-refractivity contribution in [1.29, 1.82) is 0 Å². The zero-order valence-corrected chi connectivity index (χ0v) is 8.85. The second-order valence-corrected chi connectivity index (χ2v) is 3.28. The van der Waals surface area contributed by atoms with Crippen LogP contribution in [0.15, 0.2) is 11.1 Å². The number of H-pyrrole nitrogens is 1. The highest BCUT2D eigenvalue weighted by molar-refractivity contribution is 5.72. The Morgan fingerprint density at radius 2 is 2.38 bits per heavy atom. The molecule has 2 heterocycles. The SMILES string of the molecule is COC(=O)Cc1c(C)[nH]c2ncnn2c1=O. The minimum absolute atomic E-state index is 0.0759. The number of methoxy groups -OCH3 is 1. The molecule has 0 aliphatic rings. The van der Waals surface area contributed by atoms with Crippen molar-refractivity contribution in [3.8, 4) is 0 Å². The van der Waals surface area contributed by atoms with Crippen molar-refractivity contribution in [2.24, 2.45) is 0 Å². The molecular formula is C9H10N4O3. The van der Waals surface area contributed by atoms with Gasteiger partial charge in [0.2, 0.25) is 5.78 Å². The molecule has 1 N–H and O–H groups in total. The van der Waals surface area contributed by atoms with Crippen molar-refractivity contribution < 1.29 is 9.53 Å². The molecule has 0 bridgehead atoms. The third-order valence-corrected chi connectivity index (χ3v) is 2.30. The molecule has 0 atom stereocenters. The molecule has 0 saturated heterocycles. The Morgan fingerprint density at radius 1 is 1.62 bits per heavy atom. The van der Waals surface area contributed by atoms with Crippen LogP contribution in [0, 0.1) is 6.92 Å². The molecule has 7 nitrogen and oxygen atoms in total. The lowest BCUT2D eigenvalue weighted by Crippen LogP contribution is -2.24. The average molecular weight is 222 g/mol. The summed E-state index contributed by atoms with van der Waals surface area (Å²) in [5, 5.41) is 3.76. The number of ether oxygens (including phenoxy) is 1. The van der Waals surface area contributed by atoms with Gasteiger partial charge in [0.25, 0.3) is 5.56 Å². The van der Waals surface area contributed by atoms with E-state index in [0.717, 1.165) is 4.52 Å². The van der Waals surface area contributed by atoms with E-state index in [1.165, 1.54) is 13.4 Å². The predicted octanol–water partition coefficient (Wildman–Crippen LogP) is -0.558. The zero-order chi connectivity index (χ0) is 11.7. The molecule has 0 unspecified atom stereocenters. The third kappa shape index (κ3) is 1.56. The number of aryl methyl sites for hydroxylation is 1. The highest BCUT2D eigenvalue weighted by Gasteiger charge is 2.14. The van der Waals surface area contributed by atoms with Gasteiger partial charge in [-0.25, -0.2) is 0 Å². The second-order valence-electron chi connectivity index (χ2n) is 3.28. The number of carbonyl (C=O) groups excluding carboxylic acids is 1. The number of aromatic amines is 1. The van der Waals surface area contributed by atoms with Crippen molar-refractivity contribution in [1.82, 2.24) is 19.6 Å². The van der Waals surface area contributed by atoms with Gasteiger partial charge in [-0.1, -0.05) is 0 Å². The average Bonchev–Trinajstić information content (AvgIpc) is 2.71. The summed E-state index contributed by atoms with van der Waals surface area (Å²) in [6.07, 6.45) is 1.20. The summed E-state index contributed by atoms with van der Waals surface area (Å²) in [5.74, 6) is -0.107. The zero-order valence-electron chi connectivity index (χ0n) is 8.85. The number of rotatable bonds is 2. The van der Waals surface area contributed by atoms with E-state index in [1.807, 2.05) is 0 Å². The minimum atomic E-state index is -0.465. The van der Waals surface area contributed by atoms with Gasteiger partial charge in [-0.3, -0.25) is 9.59 Å². The van der Waals surface area contributed by atoms with Gasteiger partial charge in [0.15, 0.2) is 0 Å². The Labute approximate surface area is 90.1 Å². The Hall–Kier alpha value is -2.18. The van der Waals surface area contributed by atoms with E-state index in [0.29, 0.717) is 17.0 Å². The number of fused-ring (bicyclic) bond motifs is 1. The monoisotopic (exact) mass is 222 g/mol. The maximum Gasteiger partial charge on any atom is 0.310 e. The number of nitrogens with one attached hydrogen (secondary N) is 1. The Balaban J connectivity index is 2.60. The standard InChI is InChI=1S/C9H10N4O3/c1-5-6(3-7(14)16-2)8(15)13-9(12-5)10-4-11-13/h4H,3H2,1-2H3,(H,10,11,12). The number of nitrogens with zero attached hydrogens (tertiary/aromatic N) is 3. The van der Waals surface area contributed by atoms with Crippen LogP contribution in [0.3, 0.4) is 0 Å². The second kappa shape index (κ2) is 3.76. The van der Waals surface area contributed by atoms with Crippen molar-refractivity contribution in [3.63, 3.8) is 0 Å². The lowest BCUT2D eigenvalue weighted by molar-refractivity contribution is -0.139. The maximum absolute atomic E-state index is 11.9. The Morgan fingerprint density at radius 3 is 3.06 bits per heavy atom. The molecule has 0 spiro atoms. The lowest BCUT2D eigenvalue weighted by atomic mass is 10.2. The van der Waals surface area contributed by atoms with Crippen molar-refractivity contribution >= 4 is 11.7 Å². The molecule has 2 aromatic heterocycles. The van der Waals surface area contributed by atoms with Crippen LogP contribution in [0.25, 0.3) is 5.78 Å². The van der Waals surface area contributed by atoms with Gasteiger partial charge in [-0.05, 0) is 6.92 Å². The van der Waals surface area contributed by atoms with Gasteiger partial charge in [0.1, 0.15) is 6.33 Å². The van der Waals surface area contributed by atoms with Crippen LogP contribution >= 0.6 is 0 Å². The van der Waals surface area contributed by atoms with Gasteiger partial charge in [-0.15, -0.1) is 0 Å². The Kier molecular flexibility index (Phi) is 2.43. The van der Waals surface area contributed by atoms with Crippen LogP contribution in [0.1, 0.15) is 11.3 Å². The summed E-state index contributed by atoms with van der Waals surface area (Å²) in [6, 6.07) is 0. The highest BCUT2D eigenvalue weighted by Crippen LogP contribution is 2.02. The van der Waals surface area contributed by atoms with Crippen LogP contribution in [-0.4, -0.2) is 32.7 Å². The quantitative estimate of drug-likeness (QED) is 0.688. The van der Waals surface area contributed by atoms with E-state index >= 15 is 0 Å². The molecule has 2 rings (SSSR count). The summed E-state index contributed by atoms with van der Waals surface area (Å²) in [4.78, 5) is 29.8. The first kappa shape index (κ1) is 10.3. The van der Waals surface area contributed by atoms with Crippen molar-refractivity contribution in [2.45, 2.75) is 13.3 Å². The summed E-state index contributed by atoms with van der Waals surface area (Å²) in [6.45, 7) is 1.70. The summed E-state index contributed by atoms with van der Waals surface area (Å²) in [5.41, 5.74) is 0.579. The fraction of sp³-hybridized carbons (Fsp3) is 0.333. The third-order valence-electron chi connectivity index (χ3n) is 2.30. The molecule has 2 aromatic rings. The van der Waals surface area contributed by atoms with Crippen molar-refractivity contribution in [2.75, 3.05) is 7.11 Å². The molecule has 0 radical (unpaired) electrons. The smallest absolute Gasteiger partial charge is 0.310 e. The van der Waals surface area contributed by atoms with E-state index in [9.17, 15) is 9.59 Å². The largest absolute Gasteiger partial charge is 0.469 e. The van der Waals surface area contributed by atoms with Crippen LogP contribution in [0.2, 0.25) is 0 Å². The predicted molar refractivity (Wildman–Crippen MR) is 54.1 cm³/mol. The van der Waals surface area contributed by atoms with E-state index in [1.54, 1.807) is 6.92 Å². The van der Waals surface area contributed by atoms with Gasteiger partial charge in [0.05, 0.1) is 13.5 Å². The van der Waals surface area contributed by atoms with Crippen molar-refractivity contribution in [3.05, 3.63) is 27.9 Å². The number of esters is 1. The van der Waals surface area contributed by atoms with Gasteiger partial charge in [-0.2, -0.15) is 14.6 Å². The van der Waals surface area contributed by atoms with Gasteiger partial charge >= 0.3 is 5.97 Å². The summed E-state index contributed by atoms with van der Waals surface area (Å²) in [7, 11) is 1.28. The number of aromatic nitrogens is 4. The maximum atomic E-state index is 11.9. The molecule has 0 aromatic carbocycles. The topological polar surface area (TPSA) is 89.3 Å². The van der Waals surface area contributed by atoms with E-state index in [-0.39, 0.29) is 12.0 Å². The fourth-order valence-corrected chi connectivity index (χ4v) is 1.43. The molecule has 0 aliphatic carbocycles. The molecule has 84 valence electrons. The van der Waals surface area contributed by atoms with Crippen LogP contribution in [0.5, 0.6) is 0 Å². The first-order valence-corrected chi connectivity index (χ1v) is 4.61. The molecule has 0 fully saturated rings. The fourth-order valence-electron chi connectivity index (χ4n) is 1.43. The lowest BCUT2D eigenvalue weighted by Gasteiger charge is -2.03. The molecule has 16 heavy (non-hydrogen) atoms. The first-order valence-electron chi connectivity index (χ1n) is 4.61. The number of hydrogen-bond acceptors (Lipinski definition) is 5. The number of carbonyl (C=O) groups is 1. The molecular weight excluding hydrogens is 212 g/mol. The normalized spacial score (nSPS) is 10.6. The first-order chi connectivity index (χ1) is 7.63. The van der Waals surface area contributed by atoms with E-state index < -0.39 is 5.97 Å². The summed E-state index contributed by atoms with van der Waals surface area (Å²) >= 11 is 0. The molecule has 0 saturated carbocycles. The Bertz CT molecular complexity index is 598. The number of hydrogen-bond donors (Lipinski definition) is 1. The molecule has 0 amide bonds. The minimum Gasteiger partial charge on any atom is -0.469 e. The summed E-state index contributed by atoms with van der Waals surface area (Å²) < 4.78 is 5.64.